The summed E-state index contributed by atoms with van der Waals surface area (Å²) in [4.78, 5) is 20.9. The van der Waals surface area contributed by atoms with E-state index in [1.165, 1.54) is 0 Å². The van der Waals surface area contributed by atoms with Crippen molar-refractivity contribution >= 4 is 22.7 Å². The van der Waals surface area contributed by atoms with Crippen molar-refractivity contribution in [2.24, 2.45) is 0 Å². The Morgan fingerprint density at radius 3 is 2.80 bits per heavy atom. The molecule has 0 aliphatic heterocycles. The van der Waals surface area contributed by atoms with E-state index in [-0.39, 0.29) is 5.91 Å². The zero-order valence-electron chi connectivity index (χ0n) is 13.6. The van der Waals surface area contributed by atoms with E-state index in [1.54, 1.807) is 36.7 Å². The lowest BCUT2D eigenvalue weighted by Crippen LogP contribution is -2.11. The van der Waals surface area contributed by atoms with Gasteiger partial charge in [-0.3, -0.25) is 9.78 Å². The van der Waals surface area contributed by atoms with Crippen LogP contribution in [0.3, 0.4) is 0 Å². The standard InChI is InChI=1S/C20H15N3O2/c1-13-4-2-5-14(10-13)19(24)22-16-7-8-18-17(11-16)23-20(25-18)15-6-3-9-21-12-15/h2-12H,1H3,(H,22,24). The number of hydrogen-bond acceptors (Lipinski definition) is 4. The van der Waals surface area contributed by atoms with Crippen LogP contribution in [0.4, 0.5) is 5.69 Å². The van der Waals surface area contributed by atoms with Crippen LogP contribution in [-0.4, -0.2) is 15.9 Å². The van der Waals surface area contributed by atoms with Gasteiger partial charge in [0, 0.05) is 23.6 Å². The molecular formula is C20H15N3O2. The quantitative estimate of drug-likeness (QED) is 0.603. The van der Waals surface area contributed by atoms with Gasteiger partial charge in [0.25, 0.3) is 5.91 Å². The Kier molecular flexibility index (Phi) is 3.74. The summed E-state index contributed by atoms with van der Waals surface area (Å²) in [5.41, 5.74) is 4.49. The first-order valence-electron chi connectivity index (χ1n) is 7.88. The maximum Gasteiger partial charge on any atom is 0.255 e. The molecule has 122 valence electrons. The molecule has 4 rings (SSSR count). The first-order valence-corrected chi connectivity index (χ1v) is 7.88. The highest BCUT2D eigenvalue weighted by Crippen LogP contribution is 2.25. The van der Waals surface area contributed by atoms with Gasteiger partial charge in [0.2, 0.25) is 5.89 Å². The van der Waals surface area contributed by atoms with E-state index in [4.69, 9.17) is 4.42 Å². The maximum absolute atomic E-state index is 12.4. The van der Waals surface area contributed by atoms with Crippen LogP contribution < -0.4 is 5.32 Å². The Morgan fingerprint density at radius 1 is 1.08 bits per heavy atom. The molecule has 2 aromatic heterocycles. The second-order valence-electron chi connectivity index (χ2n) is 5.77. The van der Waals surface area contributed by atoms with Gasteiger partial charge in [-0.15, -0.1) is 0 Å². The fraction of sp³-hybridized carbons (Fsp3) is 0.0500. The number of aryl methyl sites for hydroxylation is 1. The van der Waals surface area contributed by atoms with Crippen LogP contribution in [0.5, 0.6) is 0 Å². The first-order chi connectivity index (χ1) is 12.2. The molecule has 0 bridgehead atoms. The number of carbonyl (C=O) groups is 1. The third-order valence-corrected chi connectivity index (χ3v) is 3.83. The molecule has 0 radical (unpaired) electrons. The summed E-state index contributed by atoms with van der Waals surface area (Å²) in [6, 6.07) is 16.6. The summed E-state index contributed by atoms with van der Waals surface area (Å²) in [5.74, 6) is 0.351. The van der Waals surface area contributed by atoms with Crippen molar-refractivity contribution < 1.29 is 9.21 Å². The van der Waals surface area contributed by atoms with Crippen molar-refractivity contribution in [1.29, 1.82) is 0 Å². The fourth-order valence-electron chi connectivity index (χ4n) is 2.61. The van der Waals surface area contributed by atoms with Crippen LogP contribution in [0.2, 0.25) is 0 Å². The van der Waals surface area contributed by atoms with Gasteiger partial charge in [0.05, 0.1) is 5.56 Å². The third-order valence-electron chi connectivity index (χ3n) is 3.83. The van der Waals surface area contributed by atoms with Crippen molar-refractivity contribution in [2.75, 3.05) is 5.32 Å². The van der Waals surface area contributed by atoms with Crippen LogP contribution >= 0.6 is 0 Å². The summed E-state index contributed by atoms with van der Waals surface area (Å²) < 4.78 is 5.75. The fourth-order valence-corrected chi connectivity index (χ4v) is 2.61. The van der Waals surface area contributed by atoms with E-state index in [1.807, 2.05) is 37.3 Å². The molecule has 1 N–H and O–H groups in total. The van der Waals surface area contributed by atoms with Gasteiger partial charge in [0.15, 0.2) is 5.58 Å². The number of anilines is 1. The number of pyridine rings is 1. The molecule has 5 nitrogen and oxygen atoms in total. The van der Waals surface area contributed by atoms with Gasteiger partial charge < -0.3 is 9.73 Å². The van der Waals surface area contributed by atoms with Crippen molar-refractivity contribution in [2.45, 2.75) is 6.92 Å². The predicted octanol–water partition coefficient (Wildman–Crippen LogP) is 4.45. The van der Waals surface area contributed by atoms with Gasteiger partial charge in [-0.25, -0.2) is 4.98 Å². The largest absolute Gasteiger partial charge is 0.436 e. The maximum atomic E-state index is 12.4. The van der Waals surface area contributed by atoms with E-state index in [9.17, 15) is 4.79 Å². The molecule has 0 saturated heterocycles. The van der Waals surface area contributed by atoms with Crippen LogP contribution in [0.15, 0.2) is 71.4 Å². The smallest absolute Gasteiger partial charge is 0.255 e. The minimum absolute atomic E-state index is 0.154. The number of carbonyl (C=O) groups excluding carboxylic acids is 1. The summed E-state index contributed by atoms with van der Waals surface area (Å²) in [5, 5.41) is 2.89. The zero-order valence-corrected chi connectivity index (χ0v) is 13.6. The minimum atomic E-state index is -0.154. The monoisotopic (exact) mass is 329 g/mol. The predicted molar refractivity (Wildman–Crippen MR) is 96.4 cm³/mol. The van der Waals surface area contributed by atoms with Crippen LogP contribution in [0.1, 0.15) is 15.9 Å². The highest BCUT2D eigenvalue weighted by molar-refractivity contribution is 6.05. The third kappa shape index (κ3) is 3.12. The van der Waals surface area contributed by atoms with E-state index in [0.29, 0.717) is 28.2 Å². The topological polar surface area (TPSA) is 68.0 Å². The van der Waals surface area contributed by atoms with Crippen molar-refractivity contribution in [3.05, 3.63) is 78.1 Å². The highest BCUT2D eigenvalue weighted by Gasteiger charge is 2.11. The second kappa shape index (κ2) is 6.20. The van der Waals surface area contributed by atoms with Gasteiger partial charge >= 0.3 is 0 Å². The van der Waals surface area contributed by atoms with Crippen LogP contribution in [0.25, 0.3) is 22.6 Å². The SMILES string of the molecule is Cc1cccc(C(=O)Nc2ccc3oc(-c4cccnc4)nc3c2)c1. The average Bonchev–Trinajstić information content (AvgIpc) is 3.06. The number of benzene rings is 2. The summed E-state index contributed by atoms with van der Waals surface area (Å²) >= 11 is 0. The number of fused-ring (bicyclic) bond motifs is 1. The summed E-state index contributed by atoms with van der Waals surface area (Å²) in [6.45, 7) is 1.96. The Balaban J connectivity index is 1.62. The normalized spacial score (nSPS) is 10.8. The number of nitrogens with zero attached hydrogens (tertiary/aromatic N) is 2. The van der Waals surface area contributed by atoms with Crippen molar-refractivity contribution in [3.63, 3.8) is 0 Å². The second-order valence-corrected chi connectivity index (χ2v) is 5.77. The molecule has 5 heteroatoms. The lowest BCUT2D eigenvalue weighted by molar-refractivity contribution is 0.102. The van der Waals surface area contributed by atoms with E-state index >= 15 is 0 Å². The molecule has 0 spiro atoms. The molecule has 0 saturated carbocycles. The molecule has 0 aliphatic carbocycles. The molecular weight excluding hydrogens is 314 g/mol. The molecule has 0 aliphatic rings. The average molecular weight is 329 g/mol. The van der Waals surface area contributed by atoms with Crippen molar-refractivity contribution in [3.8, 4) is 11.5 Å². The molecule has 25 heavy (non-hydrogen) atoms. The van der Waals surface area contributed by atoms with E-state index in [0.717, 1.165) is 11.1 Å². The van der Waals surface area contributed by atoms with Crippen molar-refractivity contribution in [1.82, 2.24) is 9.97 Å². The Morgan fingerprint density at radius 2 is 2.00 bits per heavy atom. The number of amides is 1. The molecule has 1 amide bonds. The summed E-state index contributed by atoms with van der Waals surface area (Å²) in [7, 11) is 0. The van der Waals surface area contributed by atoms with Gasteiger partial charge in [-0.1, -0.05) is 17.7 Å². The lowest BCUT2D eigenvalue weighted by Gasteiger charge is -2.05. The molecule has 0 unspecified atom stereocenters. The van der Waals surface area contributed by atoms with Crippen LogP contribution in [-0.2, 0) is 0 Å². The Labute approximate surface area is 144 Å². The number of aromatic nitrogens is 2. The number of oxazole rings is 1. The Bertz CT molecular complexity index is 1050. The zero-order chi connectivity index (χ0) is 17.2. The van der Waals surface area contributed by atoms with E-state index < -0.39 is 0 Å². The highest BCUT2D eigenvalue weighted by atomic mass is 16.3. The van der Waals surface area contributed by atoms with E-state index in [2.05, 4.69) is 15.3 Å². The molecule has 4 aromatic rings. The van der Waals surface area contributed by atoms with Gasteiger partial charge in [-0.05, 0) is 49.4 Å². The van der Waals surface area contributed by atoms with Crippen LogP contribution in [0, 0.1) is 6.92 Å². The Hall–Kier alpha value is -3.47. The lowest BCUT2D eigenvalue weighted by atomic mass is 10.1. The minimum Gasteiger partial charge on any atom is -0.436 e. The molecule has 0 atom stereocenters. The number of rotatable bonds is 3. The van der Waals surface area contributed by atoms with Gasteiger partial charge in [-0.2, -0.15) is 0 Å². The molecule has 2 aromatic carbocycles. The molecule has 2 heterocycles. The first kappa shape index (κ1) is 15.1. The number of hydrogen-bond donors (Lipinski definition) is 1. The number of nitrogens with one attached hydrogen (secondary N) is 1. The van der Waals surface area contributed by atoms with Gasteiger partial charge in [0.1, 0.15) is 5.52 Å². The molecule has 0 fully saturated rings. The summed E-state index contributed by atoms with van der Waals surface area (Å²) in [6.07, 6.45) is 3.40.